The van der Waals surface area contributed by atoms with Gasteiger partial charge in [0, 0.05) is 30.2 Å². The number of aliphatic hydroxyl groups is 1. The van der Waals surface area contributed by atoms with Crippen LogP contribution in [0.1, 0.15) is 50.7 Å². The van der Waals surface area contributed by atoms with E-state index in [0.717, 1.165) is 22.6 Å². The Kier molecular flexibility index (Phi) is 6.29. The lowest BCUT2D eigenvalue weighted by atomic mass is 9.86. The number of hydrogen-bond donors (Lipinski definition) is 2. The number of para-hydroxylation sites is 2. The lowest BCUT2D eigenvalue weighted by molar-refractivity contribution is -0.141. The van der Waals surface area contributed by atoms with Gasteiger partial charge in [-0.2, -0.15) is 0 Å². The maximum Gasteiger partial charge on any atom is 0.306 e. The van der Waals surface area contributed by atoms with Crippen LogP contribution >= 0.6 is 0 Å². The summed E-state index contributed by atoms with van der Waals surface area (Å²) in [5.74, 6) is 0.410. The molecule has 5 atom stereocenters. The Morgan fingerprint density at radius 3 is 2.69 bits per heavy atom. The third-order valence-corrected chi connectivity index (χ3v) is 6.54. The topological polar surface area (TPSA) is 76.0 Å². The molecule has 1 aliphatic heterocycles. The highest BCUT2D eigenvalue weighted by atomic mass is 16.5. The molecule has 4 rings (SSSR count). The predicted octanol–water partition coefficient (Wildman–Crippen LogP) is 4.98. The summed E-state index contributed by atoms with van der Waals surface area (Å²) in [5, 5.41) is 20.0. The predicted molar refractivity (Wildman–Crippen MR) is 123 cm³/mol. The average molecular weight is 437 g/mol. The van der Waals surface area contributed by atoms with Crippen LogP contribution < -0.4 is 9.47 Å². The summed E-state index contributed by atoms with van der Waals surface area (Å²) in [4.78, 5) is 11.3. The van der Waals surface area contributed by atoms with Crippen molar-refractivity contribution in [3.8, 4) is 11.5 Å². The smallest absolute Gasteiger partial charge is 0.306 e. The first-order chi connectivity index (χ1) is 15.2. The van der Waals surface area contributed by atoms with Gasteiger partial charge in [-0.05, 0) is 38.0 Å². The minimum absolute atomic E-state index is 0.0408. The van der Waals surface area contributed by atoms with Crippen LogP contribution in [0, 0.1) is 11.8 Å². The van der Waals surface area contributed by atoms with Gasteiger partial charge in [0.15, 0.2) is 0 Å². The molecule has 2 aromatic rings. The minimum Gasteiger partial charge on any atom is -0.489 e. The van der Waals surface area contributed by atoms with Crippen LogP contribution in [0.25, 0.3) is 0 Å². The van der Waals surface area contributed by atoms with Crippen molar-refractivity contribution in [2.75, 3.05) is 0 Å². The van der Waals surface area contributed by atoms with Gasteiger partial charge in [0.25, 0.3) is 0 Å². The summed E-state index contributed by atoms with van der Waals surface area (Å²) >= 11 is 0. The SMILES string of the molecule is CC(Cc1cccc2c1O[C@H]1C[C@@H](O)C(/C=C/CC(C)(C)Oc3ccccc3)[C@@H]21)C(=O)O. The minimum atomic E-state index is -0.808. The molecule has 1 aliphatic carbocycles. The summed E-state index contributed by atoms with van der Waals surface area (Å²) < 4.78 is 12.4. The lowest BCUT2D eigenvalue weighted by Gasteiger charge is -2.25. The van der Waals surface area contributed by atoms with E-state index < -0.39 is 18.0 Å². The van der Waals surface area contributed by atoms with Crippen LogP contribution in [0.4, 0.5) is 0 Å². The quantitative estimate of drug-likeness (QED) is 0.571. The van der Waals surface area contributed by atoms with E-state index in [0.29, 0.717) is 19.3 Å². The van der Waals surface area contributed by atoms with Gasteiger partial charge in [-0.25, -0.2) is 0 Å². The van der Waals surface area contributed by atoms with Crippen molar-refractivity contribution >= 4 is 5.97 Å². The Balaban J connectivity index is 1.48. The number of carbonyl (C=O) groups is 1. The van der Waals surface area contributed by atoms with E-state index in [1.54, 1.807) is 6.92 Å². The first-order valence-electron chi connectivity index (χ1n) is 11.4. The van der Waals surface area contributed by atoms with Gasteiger partial charge >= 0.3 is 5.97 Å². The molecule has 2 unspecified atom stereocenters. The second-order valence-electron chi connectivity index (χ2n) is 9.65. The molecule has 0 aromatic heterocycles. The maximum atomic E-state index is 11.3. The van der Waals surface area contributed by atoms with Crippen LogP contribution in [-0.4, -0.2) is 34.0 Å². The molecule has 0 saturated heterocycles. The fraction of sp³-hybridized carbons (Fsp3) is 0.444. The molecule has 0 spiro atoms. The standard InChI is InChI=1S/C27H32O5/c1-17(26(29)30)15-18-9-7-12-21-24-20(22(28)16-23(24)31-25(18)21)13-8-14-27(2,3)32-19-10-5-4-6-11-19/h4-13,17,20,22-24,28H,14-16H2,1-3H3,(H,29,30)/b13-8+/t17?,20?,22-,23+,24+/m1/s1. The van der Waals surface area contributed by atoms with Crippen LogP contribution in [-0.2, 0) is 11.2 Å². The molecule has 0 amide bonds. The third-order valence-electron chi connectivity index (χ3n) is 6.54. The number of hydrogen-bond acceptors (Lipinski definition) is 4. The van der Waals surface area contributed by atoms with E-state index in [4.69, 9.17) is 9.47 Å². The van der Waals surface area contributed by atoms with Gasteiger partial charge in [-0.15, -0.1) is 0 Å². The first-order valence-corrected chi connectivity index (χ1v) is 11.4. The van der Waals surface area contributed by atoms with E-state index in [1.165, 1.54) is 0 Å². The molecule has 0 radical (unpaired) electrons. The largest absolute Gasteiger partial charge is 0.489 e. The molecule has 1 fully saturated rings. The fourth-order valence-electron chi connectivity index (χ4n) is 4.90. The number of aliphatic carboxylic acids is 1. The van der Waals surface area contributed by atoms with E-state index >= 15 is 0 Å². The van der Waals surface area contributed by atoms with Crippen molar-refractivity contribution < 1.29 is 24.5 Å². The van der Waals surface area contributed by atoms with E-state index in [9.17, 15) is 15.0 Å². The van der Waals surface area contributed by atoms with Gasteiger partial charge in [-0.1, -0.05) is 55.5 Å². The van der Waals surface area contributed by atoms with Gasteiger partial charge in [0.2, 0.25) is 0 Å². The number of carboxylic acids is 1. The summed E-state index contributed by atoms with van der Waals surface area (Å²) in [7, 11) is 0. The molecule has 0 bridgehead atoms. The average Bonchev–Trinajstić information content (AvgIpc) is 3.24. The summed E-state index contributed by atoms with van der Waals surface area (Å²) in [6.45, 7) is 5.83. The zero-order valence-electron chi connectivity index (χ0n) is 18.9. The molecule has 5 nitrogen and oxygen atoms in total. The number of aliphatic hydroxyl groups excluding tert-OH is 1. The van der Waals surface area contributed by atoms with E-state index in [1.807, 2.05) is 42.5 Å². The zero-order valence-corrected chi connectivity index (χ0v) is 18.9. The van der Waals surface area contributed by atoms with Crippen molar-refractivity contribution in [1.82, 2.24) is 0 Å². The first kappa shape index (κ1) is 22.4. The van der Waals surface area contributed by atoms with Crippen LogP contribution in [0.15, 0.2) is 60.7 Å². The van der Waals surface area contributed by atoms with Crippen molar-refractivity contribution in [3.63, 3.8) is 0 Å². The highest BCUT2D eigenvalue weighted by Crippen LogP contribution is 2.52. The number of fused-ring (bicyclic) bond motifs is 3. The number of benzene rings is 2. The highest BCUT2D eigenvalue weighted by molar-refractivity contribution is 5.70. The van der Waals surface area contributed by atoms with Crippen molar-refractivity contribution in [1.29, 1.82) is 0 Å². The number of ether oxygens (including phenoxy) is 2. The second-order valence-corrected chi connectivity index (χ2v) is 9.65. The molecule has 1 saturated carbocycles. The van der Waals surface area contributed by atoms with Crippen LogP contribution in [0.5, 0.6) is 11.5 Å². The summed E-state index contributed by atoms with van der Waals surface area (Å²) in [6, 6.07) is 15.8. The number of carboxylic acid groups (broad SMARTS) is 1. The Morgan fingerprint density at radius 1 is 1.22 bits per heavy atom. The summed E-state index contributed by atoms with van der Waals surface area (Å²) in [6.07, 6.45) is 5.40. The maximum absolute atomic E-state index is 11.3. The Morgan fingerprint density at radius 2 is 1.97 bits per heavy atom. The second kappa shape index (κ2) is 8.99. The van der Waals surface area contributed by atoms with Crippen molar-refractivity contribution in [2.24, 2.45) is 11.8 Å². The molecule has 1 heterocycles. The van der Waals surface area contributed by atoms with E-state index in [-0.39, 0.29) is 23.5 Å². The monoisotopic (exact) mass is 436 g/mol. The normalized spacial score (nSPS) is 25.2. The van der Waals surface area contributed by atoms with Gasteiger partial charge in [-0.3, -0.25) is 4.79 Å². The molecule has 5 heteroatoms. The van der Waals surface area contributed by atoms with Crippen LogP contribution in [0.3, 0.4) is 0 Å². The highest BCUT2D eigenvalue weighted by Gasteiger charge is 2.49. The van der Waals surface area contributed by atoms with Crippen molar-refractivity contribution in [2.45, 2.75) is 63.8 Å². The van der Waals surface area contributed by atoms with Crippen molar-refractivity contribution in [3.05, 3.63) is 71.8 Å². The Labute approximate surface area is 189 Å². The number of rotatable bonds is 8. The third kappa shape index (κ3) is 4.68. The van der Waals surface area contributed by atoms with Gasteiger partial charge in [0.1, 0.15) is 23.2 Å². The molecule has 170 valence electrons. The lowest BCUT2D eigenvalue weighted by Crippen LogP contribution is -2.27. The molecule has 2 aromatic carbocycles. The molecule has 32 heavy (non-hydrogen) atoms. The van der Waals surface area contributed by atoms with Crippen LogP contribution in [0.2, 0.25) is 0 Å². The zero-order chi connectivity index (χ0) is 22.9. The molecule has 2 aliphatic rings. The Hall–Kier alpha value is -2.79. The molecule has 2 N–H and O–H groups in total. The summed E-state index contributed by atoms with van der Waals surface area (Å²) in [5.41, 5.74) is 1.64. The molecular weight excluding hydrogens is 404 g/mol. The van der Waals surface area contributed by atoms with Gasteiger partial charge < -0.3 is 19.7 Å². The van der Waals surface area contributed by atoms with Gasteiger partial charge in [0.05, 0.1) is 12.0 Å². The van der Waals surface area contributed by atoms with E-state index in [2.05, 4.69) is 32.1 Å². The Bertz CT molecular complexity index is 981. The fourth-order valence-corrected chi connectivity index (χ4v) is 4.90. The molecular formula is C27H32O5.